The summed E-state index contributed by atoms with van der Waals surface area (Å²) in [7, 11) is 0. The molecule has 16 heavy (non-hydrogen) atoms. The summed E-state index contributed by atoms with van der Waals surface area (Å²) in [6.45, 7) is 0. The third kappa shape index (κ3) is 2.17. The van der Waals surface area contributed by atoms with Crippen molar-refractivity contribution in [1.82, 2.24) is 9.55 Å². The Kier molecular flexibility index (Phi) is 3.10. The van der Waals surface area contributed by atoms with Gasteiger partial charge in [0.25, 0.3) is 5.56 Å². The molecule has 0 saturated carbocycles. The maximum Gasteiger partial charge on any atom is 0.253 e. The fraction of sp³-hybridized carbons (Fsp3) is 0. The average Bonchev–Trinajstić information content (AvgIpc) is 2.19. The Hall–Kier alpha value is -1.15. The predicted octanol–water partition coefficient (Wildman–Crippen LogP) is 2.08. The molecule has 0 saturated heterocycles. The second-order valence-electron chi connectivity index (χ2n) is 3.18. The number of rotatable bonds is 1. The minimum atomic E-state index is -0.288. The molecule has 2 aromatic rings. The molecular formula is C10H8IN3OS. The Labute approximate surface area is 110 Å². The van der Waals surface area contributed by atoms with Crippen LogP contribution in [-0.2, 0) is 0 Å². The molecule has 1 aromatic heterocycles. The number of aromatic nitrogens is 2. The zero-order chi connectivity index (χ0) is 11.7. The summed E-state index contributed by atoms with van der Waals surface area (Å²) in [5.74, 6) is 0.329. The van der Waals surface area contributed by atoms with E-state index in [1.165, 1.54) is 6.07 Å². The molecule has 0 spiro atoms. The van der Waals surface area contributed by atoms with Crippen LogP contribution in [0.5, 0.6) is 0 Å². The summed E-state index contributed by atoms with van der Waals surface area (Å²) in [6, 6.07) is 9.00. The lowest BCUT2D eigenvalue weighted by Crippen LogP contribution is -2.14. The molecule has 0 radical (unpaired) electrons. The Morgan fingerprint density at radius 2 is 1.94 bits per heavy atom. The summed E-state index contributed by atoms with van der Waals surface area (Å²) in [5.41, 5.74) is 6.31. The van der Waals surface area contributed by atoms with Gasteiger partial charge in [0, 0.05) is 15.3 Å². The highest BCUT2D eigenvalue weighted by molar-refractivity contribution is 14.1. The van der Waals surface area contributed by atoms with Gasteiger partial charge >= 0.3 is 0 Å². The van der Waals surface area contributed by atoms with Gasteiger partial charge in [-0.15, -0.1) is 0 Å². The van der Waals surface area contributed by atoms with E-state index in [0.717, 1.165) is 9.26 Å². The van der Waals surface area contributed by atoms with Crippen molar-refractivity contribution in [3.8, 4) is 5.69 Å². The fourth-order valence-electron chi connectivity index (χ4n) is 1.37. The predicted molar refractivity (Wildman–Crippen MR) is 74.4 cm³/mol. The van der Waals surface area contributed by atoms with Crippen molar-refractivity contribution in [2.24, 2.45) is 0 Å². The highest BCUT2D eigenvalue weighted by Gasteiger charge is 2.02. The van der Waals surface area contributed by atoms with Crippen molar-refractivity contribution in [2.45, 2.75) is 0 Å². The number of H-pyrrole nitrogens is 1. The number of anilines is 1. The van der Waals surface area contributed by atoms with E-state index in [4.69, 9.17) is 18.0 Å². The average molecular weight is 345 g/mol. The van der Waals surface area contributed by atoms with E-state index in [1.54, 1.807) is 4.57 Å². The molecular weight excluding hydrogens is 337 g/mol. The first kappa shape index (κ1) is 11.3. The van der Waals surface area contributed by atoms with Crippen LogP contribution in [0.3, 0.4) is 0 Å². The van der Waals surface area contributed by atoms with Crippen molar-refractivity contribution in [1.29, 1.82) is 0 Å². The quantitative estimate of drug-likeness (QED) is 0.615. The van der Waals surface area contributed by atoms with Gasteiger partial charge in [0.15, 0.2) is 4.77 Å². The second-order valence-corrected chi connectivity index (χ2v) is 4.81. The SMILES string of the molecule is Nc1cc(=O)[nH]c(=S)n1-c1ccc(I)cc1. The first-order valence-corrected chi connectivity index (χ1v) is 5.94. The summed E-state index contributed by atoms with van der Waals surface area (Å²) < 4.78 is 3.04. The lowest BCUT2D eigenvalue weighted by molar-refractivity contribution is 0.950. The number of halogens is 1. The number of nitrogen functional groups attached to an aromatic ring is 1. The third-order valence-electron chi connectivity index (χ3n) is 2.06. The maximum absolute atomic E-state index is 11.1. The Morgan fingerprint density at radius 3 is 2.50 bits per heavy atom. The molecule has 3 N–H and O–H groups in total. The van der Waals surface area contributed by atoms with Crippen LogP contribution in [0.4, 0.5) is 5.82 Å². The van der Waals surface area contributed by atoms with Crippen molar-refractivity contribution in [3.63, 3.8) is 0 Å². The molecule has 82 valence electrons. The lowest BCUT2D eigenvalue weighted by atomic mass is 10.3. The van der Waals surface area contributed by atoms with Gasteiger partial charge in [-0.25, -0.2) is 0 Å². The molecule has 0 aliphatic carbocycles. The van der Waals surface area contributed by atoms with E-state index in [0.29, 0.717) is 10.6 Å². The molecule has 0 bridgehead atoms. The van der Waals surface area contributed by atoms with Crippen LogP contribution in [0, 0.1) is 8.34 Å². The Bertz CT molecular complexity index is 630. The van der Waals surface area contributed by atoms with Crippen molar-refractivity contribution < 1.29 is 0 Å². The number of hydrogen-bond acceptors (Lipinski definition) is 3. The first-order chi connectivity index (χ1) is 7.58. The van der Waals surface area contributed by atoms with Crippen molar-refractivity contribution in [2.75, 3.05) is 5.73 Å². The number of benzene rings is 1. The monoisotopic (exact) mass is 345 g/mol. The molecule has 0 unspecified atom stereocenters. The zero-order valence-electron chi connectivity index (χ0n) is 8.11. The number of nitrogens with two attached hydrogens (primary N) is 1. The van der Waals surface area contributed by atoms with Gasteiger partial charge in [0.2, 0.25) is 0 Å². The molecule has 0 fully saturated rings. The Morgan fingerprint density at radius 1 is 1.31 bits per heavy atom. The molecule has 6 heteroatoms. The van der Waals surface area contributed by atoms with Gasteiger partial charge in [0.05, 0.1) is 0 Å². The normalized spacial score (nSPS) is 10.3. The summed E-state index contributed by atoms with van der Waals surface area (Å²) in [6.07, 6.45) is 0. The van der Waals surface area contributed by atoms with E-state index < -0.39 is 0 Å². The molecule has 0 atom stereocenters. The second kappa shape index (κ2) is 4.38. The minimum absolute atomic E-state index is 0.288. The van der Waals surface area contributed by atoms with E-state index in [-0.39, 0.29) is 5.56 Å². The van der Waals surface area contributed by atoms with E-state index >= 15 is 0 Å². The number of nitrogens with zero attached hydrogens (tertiary/aromatic N) is 1. The lowest BCUT2D eigenvalue weighted by Gasteiger charge is -2.09. The third-order valence-corrected chi connectivity index (χ3v) is 3.06. The van der Waals surface area contributed by atoms with Crippen molar-refractivity contribution in [3.05, 3.63) is 49.0 Å². The van der Waals surface area contributed by atoms with Crippen LogP contribution >= 0.6 is 34.8 Å². The van der Waals surface area contributed by atoms with Crippen LogP contribution in [0.2, 0.25) is 0 Å². The molecule has 0 amide bonds. The molecule has 0 aliphatic heterocycles. The van der Waals surface area contributed by atoms with Crippen LogP contribution in [-0.4, -0.2) is 9.55 Å². The zero-order valence-corrected chi connectivity index (χ0v) is 11.1. The van der Waals surface area contributed by atoms with Gasteiger partial charge in [-0.3, -0.25) is 14.3 Å². The topological polar surface area (TPSA) is 63.8 Å². The number of nitrogens with one attached hydrogen (secondary N) is 1. The molecule has 1 aromatic carbocycles. The Balaban J connectivity index is 2.69. The number of aromatic amines is 1. The van der Waals surface area contributed by atoms with Gasteiger partial charge in [0.1, 0.15) is 5.82 Å². The summed E-state index contributed by atoms with van der Waals surface area (Å²) in [4.78, 5) is 13.7. The molecule has 0 aliphatic rings. The molecule has 1 heterocycles. The van der Waals surface area contributed by atoms with E-state index in [9.17, 15) is 4.79 Å². The van der Waals surface area contributed by atoms with Crippen molar-refractivity contribution >= 4 is 40.6 Å². The smallest absolute Gasteiger partial charge is 0.253 e. The number of hydrogen-bond donors (Lipinski definition) is 2. The van der Waals surface area contributed by atoms with E-state index in [2.05, 4.69) is 27.6 Å². The minimum Gasteiger partial charge on any atom is -0.385 e. The highest BCUT2D eigenvalue weighted by atomic mass is 127. The van der Waals surface area contributed by atoms with Gasteiger partial charge in [-0.1, -0.05) is 0 Å². The van der Waals surface area contributed by atoms with Crippen LogP contribution in [0.1, 0.15) is 0 Å². The summed E-state index contributed by atoms with van der Waals surface area (Å²) in [5, 5.41) is 0. The first-order valence-electron chi connectivity index (χ1n) is 4.46. The molecule has 2 rings (SSSR count). The van der Waals surface area contributed by atoms with Gasteiger partial charge < -0.3 is 5.73 Å². The largest absolute Gasteiger partial charge is 0.385 e. The van der Waals surface area contributed by atoms with E-state index in [1.807, 2.05) is 24.3 Å². The standard InChI is InChI=1S/C10H8IN3OS/c11-6-1-3-7(4-2-6)14-8(12)5-9(15)13-10(14)16/h1-5H,12H2,(H,13,15,16). The molecule has 4 nitrogen and oxygen atoms in total. The fourth-order valence-corrected chi connectivity index (χ4v) is 2.04. The van der Waals surface area contributed by atoms with Gasteiger partial charge in [-0.05, 0) is 59.1 Å². The maximum atomic E-state index is 11.1. The van der Waals surface area contributed by atoms with Crippen LogP contribution < -0.4 is 11.3 Å². The van der Waals surface area contributed by atoms with Crippen LogP contribution in [0.25, 0.3) is 5.69 Å². The van der Waals surface area contributed by atoms with Crippen LogP contribution in [0.15, 0.2) is 35.1 Å². The highest BCUT2D eigenvalue weighted by Crippen LogP contribution is 2.14. The summed E-state index contributed by atoms with van der Waals surface area (Å²) >= 11 is 7.28. The van der Waals surface area contributed by atoms with Gasteiger partial charge in [-0.2, -0.15) is 0 Å².